The van der Waals surface area contributed by atoms with Crippen LogP contribution in [0.3, 0.4) is 0 Å². The first-order chi connectivity index (χ1) is 18.3. The van der Waals surface area contributed by atoms with Gasteiger partial charge in [0.25, 0.3) is 0 Å². The fourth-order valence-electron chi connectivity index (χ4n) is 3.94. The molecule has 2 N–H and O–H groups in total. The summed E-state index contributed by atoms with van der Waals surface area (Å²) in [6.07, 6.45) is 2.39. The zero-order chi connectivity index (χ0) is 27.3. The van der Waals surface area contributed by atoms with E-state index in [0.717, 1.165) is 67.8 Å². The molecule has 0 aromatic heterocycles. The van der Waals surface area contributed by atoms with Gasteiger partial charge in [-0.3, -0.25) is 0 Å². The van der Waals surface area contributed by atoms with Gasteiger partial charge in [-0.15, -0.1) is 12.4 Å². The first-order valence-electron chi connectivity index (χ1n) is 13.6. The minimum absolute atomic E-state index is 0. The third kappa shape index (κ3) is 12.5. The first-order valence-corrected chi connectivity index (χ1v) is 15.8. The Morgan fingerprint density at radius 2 is 1.05 bits per heavy atom. The van der Waals surface area contributed by atoms with Gasteiger partial charge in [-0.1, -0.05) is 64.1 Å². The van der Waals surface area contributed by atoms with Crippen molar-refractivity contribution in [1.82, 2.24) is 10.6 Å². The summed E-state index contributed by atoms with van der Waals surface area (Å²) < 4.78 is 14.7. The second-order valence-corrected chi connectivity index (χ2v) is 12.9. The number of halogens is 3. The van der Waals surface area contributed by atoms with Crippen molar-refractivity contribution in [2.45, 2.75) is 66.8 Å². The largest absolute Gasteiger partial charge is 0.488 e. The molecule has 214 valence electrons. The van der Waals surface area contributed by atoms with Gasteiger partial charge in [-0.2, -0.15) is 0 Å². The molecule has 3 aromatic carbocycles. The first kappa shape index (κ1) is 34.1. The Balaban J connectivity index is 0.00000533. The molecule has 0 radical (unpaired) electrons. The topological polar surface area (TPSA) is 42.5 Å². The van der Waals surface area contributed by atoms with E-state index in [1.54, 1.807) is 0 Å². The maximum atomic E-state index is 6.24. The van der Waals surface area contributed by atoms with Gasteiger partial charge >= 0.3 is 0 Å². The molecule has 3 rings (SSSR count). The number of ether oxygens (including phenoxy) is 2. The Bertz CT molecular complexity index is 1050. The number of nitrogens with one attached hydrogen (secondary N) is 2. The zero-order valence-corrected chi connectivity index (χ0v) is 28.7. The van der Waals surface area contributed by atoms with Crippen LogP contribution >= 0.6 is 57.6 Å². The molecule has 0 unspecified atom stereocenters. The van der Waals surface area contributed by atoms with E-state index in [1.165, 1.54) is 24.0 Å². The van der Waals surface area contributed by atoms with E-state index in [0.29, 0.717) is 13.2 Å². The van der Waals surface area contributed by atoms with Gasteiger partial charge in [0.1, 0.15) is 24.7 Å². The lowest BCUT2D eigenvalue weighted by molar-refractivity contribution is 0.283. The molecule has 0 amide bonds. The predicted octanol–water partition coefficient (Wildman–Crippen LogP) is 8.75. The average molecular weight is 777 g/mol. The molecule has 0 aliphatic rings. The van der Waals surface area contributed by atoms with Crippen LogP contribution in [0.25, 0.3) is 0 Å². The number of benzene rings is 3. The lowest BCUT2D eigenvalue weighted by Gasteiger charge is -2.15. The molecular weight excluding hydrogens is 734 g/mol. The zero-order valence-electron chi connectivity index (χ0n) is 23.6. The van der Waals surface area contributed by atoms with Crippen molar-refractivity contribution >= 4 is 57.6 Å². The van der Waals surface area contributed by atoms with Crippen LogP contribution in [0.2, 0.25) is 0 Å². The third-order valence-electron chi connectivity index (χ3n) is 6.33. The van der Waals surface area contributed by atoms with Crippen molar-refractivity contribution in [1.29, 1.82) is 0 Å². The average Bonchev–Trinajstić information content (AvgIpc) is 2.88. The van der Waals surface area contributed by atoms with Crippen molar-refractivity contribution in [3.8, 4) is 11.5 Å². The van der Waals surface area contributed by atoms with E-state index in [9.17, 15) is 0 Å². The van der Waals surface area contributed by atoms with Gasteiger partial charge < -0.3 is 20.1 Å². The molecule has 0 atom stereocenters. The van der Waals surface area contributed by atoms with Crippen molar-refractivity contribution in [2.75, 3.05) is 13.1 Å². The lowest BCUT2D eigenvalue weighted by atomic mass is 10.1. The molecule has 0 fully saturated rings. The normalized spacial score (nSPS) is 11.1. The van der Waals surface area contributed by atoms with Crippen LogP contribution < -0.4 is 20.1 Å². The summed E-state index contributed by atoms with van der Waals surface area (Å²) in [7, 11) is 0. The summed E-state index contributed by atoms with van der Waals surface area (Å²) in [4.78, 5) is 0. The van der Waals surface area contributed by atoms with Crippen LogP contribution in [0.1, 0.15) is 62.8 Å². The summed E-state index contributed by atoms with van der Waals surface area (Å²) in [6, 6.07) is 21.3. The van der Waals surface area contributed by atoms with Crippen molar-refractivity contribution in [2.24, 2.45) is 11.8 Å². The molecule has 0 aliphatic carbocycles. The quantitative estimate of drug-likeness (QED) is 0.113. The minimum Gasteiger partial charge on any atom is -0.488 e. The molecular formula is C32H43ClI2N2O2. The smallest absolute Gasteiger partial charge is 0.133 e. The molecule has 0 bridgehead atoms. The van der Waals surface area contributed by atoms with Crippen LogP contribution in [0, 0.1) is 19.0 Å². The highest BCUT2D eigenvalue weighted by Crippen LogP contribution is 2.26. The molecule has 3 aromatic rings. The van der Waals surface area contributed by atoms with Gasteiger partial charge in [-0.25, -0.2) is 0 Å². The third-order valence-corrected chi connectivity index (χ3v) is 8.02. The molecule has 0 heterocycles. The Morgan fingerprint density at radius 3 is 1.41 bits per heavy atom. The Hall–Kier alpha value is -1.07. The van der Waals surface area contributed by atoms with Crippen molar-refractivity contribution < 1.29 is 9.47 Å². The Morgan fingerprint density at radius 1 is 0.641 bits per heavy atom. The fraction of sp³-hybridized carbons (Fsp3) is 0.438. The van der Waals surface area contributed by atoms with Gasteiger partial charge in [0.15, 0.2) is 0 Å². The standard InChI is InChI=1S/C32H42I2N2O2.ClH/c1-23(2)13-15-35-19-25-9-11-31(29(33)17-25)37-21-27-7-5-6-8-28(27)22-38-32-12-10-26(18-30(32)34)20-36-16-14-24(3)4;/h5-12,17-18,23-24,35-36H,13-16,19-22H2,1-4H3;1H. The summed E-state index contributed by atoms with van der Waals surface area (Å²) in [6.45, 7) is 13.9. The van der Waals surface area contributed by atoms with E-state index < -0.39 is 0 Å². The van der Waals surface area contributed by atoms with E-state index >= 15 is 0 Å². The highest BCUT2D eigenvalue weighted by molar-refractivity contribution is 14.1. The number of hydrogen-bond donors (Lipinski definition) is 2. The molecule has 0 saturated heterocycles. The van der Waals surface area contributed by atoms with Gasteiger partial charge in [-0.05, 0) is 129 Å². The maximum absolute atomic E-state index is 6.24. The fourth-order valence-corrected chi connectivity index (χ4v) is 5.41. The lowest BCUT2D eigenvalue weighted by Crippen LogP contribution is -2.16. The van der Waals surface area contributed by atoms with Crippen LogP contribution in [0.4, 0.5) is 0 Å². The molecule has 39 heavy (non-hydrogen) atoms. The van der Waals surface area contributed by atoms with Gasteiger partial charge in [0, 0.05) is 13.1 Å². The van der Waals surface area contributed by atoms with Crippen molar-refractivity contribution in [3.05, 3.63) is 90.1 Å². The summed E-state index contributed by atoms with van der Waals surface area (Å²) in [5.74, 6) is 3.28. The SMILES string of the molecule is CC(C)CCNCc1ccc(OCc2ccccc2COc2ccc(CNCCC(C)C)cc2I)c(I)c1.Cl. The second-order valence-electron chi connectivity index (χ2n) is 10.6. The van der Waals surface area contributed by atoms with E-state index in [2.05, 4.69) is 144 Å². The highest BCUT2D eigenvalue weighted by Gasteiger charge is 2.09. The summed E-state index contributed by atoms with van der Waals surface area (Å²) in [5.41, 5.74) is 4.85. The molecule has 7 heteroatoms. The number of hydrogen-bond acceptors (Lipinski definition) is 4. The second kappa shape index (κ2) is 18.4. The van der Waals surface area contributed by atoms with Crippen LogP contribution in [-0.2, 0) is 26.3 Å². The highest BCUT2D eigenvalue weighted by atomic mass is 127. The molecule has 4 nitrogen and oxygen atoms in total. The minimum atomic E-state index is 0. The van der Waals surface area contributed by atoms with Crippen molar-refractivity contribution in [3.63, 3.8) is 0 Å². The van der Waals surface area contributed by atoms with Crippen LogP contribution in [0.15, 0.2) is 60.7 Å². The van der Waals surface area contributed by atoms with Gasteiger partial charge in [0.05, 0.1) is 7.14 Å². The van der Waals surface area contributed by atoms with Crippen LogP contribution in [0.5, 0.6) is 11.5 Å². The monoisotopic (exact) mass is 776 g/mol. The number of rotatable bonds is 16. The molecule has 0 saturated carbocycles. The Kier molecular flexibility index (Phi) is 16.1. The summed E-state index contributed by atoms with van der Waals surface area (Å²) >= 11 is 4.74. The maximum Gasteiger partial charge on any atom is 0.133 e. The van der Waals surface area contributed by atoms with Gasteiger partial charge in [0.2, 0.25) is 0 Å². The van der Waals surface area contributed by atoms with Crippen LogP contribution in [-0.4, -0.2) is 13.1 Å². The predicted molar refractivity (Wildman–Crippen MR) is 183 cm³/mol. The molecule has 0 aliphatic heterocycles. The van der Waals surface area contributed by atoms with E-state index in [1.807, 2.05) is 0 Å². The van der Waals surface area contributed by atoms with E-state index in [4.69, 9.17) is 9.47 Å². The molecule has 0 spiro atoms. The van der Waals surface area contributed by atoms with E-state index in [-0.39, 0.29) is 12.4 Å². The Labute approximate surface area is 269 Å². The summed E-state index contributed by atoms with van der Waals surface area (Å²) in [5, 5.41) is 7.07.